The molecule has 21 heavy (non-hydrogen) atoms. The summed E-state index contributed by atoms with van der Waals surface area (Å²) in [5, 5.41) is 16.4. The van der Waals surface area contributed by atoms with Gasteiger partial charge in [-0.1, -0.05) is 6.07 Å². The molecule has 0 radical (unpaired) electrons. The van der Waals surface area contributed by atoms with Crippen molar-refractivity contribution in [1.29, 1.82) is 0 Å². The topological polar surface area (TPSA) is 120 Å². The van der Waals surface area contributed by atoms with Crippen LogP contribution in [0, 0.1) is 0 Å². The van der Waals surface area contributed by atoms with E-state index < -0.39 is 29.4 Å². The first-order valence-corrected chi connectivity index (χ1v) is 5.48. The summed E-state index contributed by atoms with van der Waals surface area (Å²) in [4.78, 5) is 26.0. The van der Waals surface area contributed by atoms with Crippen LogP contribution >= 0.6 is 0 Å². The first-order valence-electron chi connectivity index (χ1n) is 5.48. The molecule has 0 saturated carbocycles. The number of nitrogens with zero attached hydrogens (tertiary/aromatic N) is 2. The Morgan fingerprint density at radius 1 is 1.19 bits per heavy atom. The second-order valence-corrected chi connectivity index (χ2v) is 3.68. The molecule has 0 aliphatic carbocycles. The van der Waals surface area contributed by atoms with E-state index in [4.69, 9.17) is 0 Å². The maximum absolute atomic E-state index is 12.1. The zero-order valence-electron chi connectivity index (χ0n) is 10.2. The van der Waals surface area contributed by atoms with Crippen LogP contribution in [0.4, 0.5) is 20.2 Å². The zero-order chi connectivity index (χ0) is 15.4. The fourth-order valence-corrected chi connectivity index (χ4v) is 1.39. The average Bonchev–Trinajstić information content (AvgIpc) is 2.37. The van der Waals surface area contributed by atoms with Crippen LogP contribution in [0.2, 0.25) is 0 Å². The summed E-state index contributed by atoms with van der Waals surface area (Å²) >= 11 is 0. The van der Waals surface area contributed by atoms with E-state index in [-0.39, 0.29) is 11.4 Å². The van der Waals surface area contributed by atoms with Crippen LogP contribution in [0.1, 0.15) is 0 Å². The predicted molar refractivity (Wildman–Crippen MR) is 66.6 cm³/mol. The number of ether oxygens (including phenoxy) is 1. The van der Waals surface area contributed by atoms with Gasteiger partial charge in [0.2, 0.25) is 11.6 Å². The van der Waals surface area contributed by atoms with E-state index in [1.54, 1.807) is 0 Å². The zero-order valence-corrected chi connectivity index (χ0v) is 10.2. The quantitative estimate of drug-likeness (QED) is 0.745. The Kier molecular flexibility index (Phi) is 4.07. The van der Waals surface area contributed by atoms with Gasteiger partial charge in [-0.15, -0.1) is 5.11 Å². The third kappa shape index (κ3) is 3.72. The Hall–Kier alpha value is -3.04. The highest BCUT2D eigenvalue weighted by molar-refractivity contribution is 5.46. The number of aromatic amines is 2. The molecule has 1 aromatic carbocycles. The lowest BCUT2D eigenvalue weighted by Gasteiger charge is -2.03. The number of H-pyrrole nitrogens is 2. The fraction of sp³-hybridized carbons (Fsp3) is 0.0909. The van der Waals surface area contributed by atoms with Crippen molar-refractivity contribution in [3.8, 4) is 11.6 Å². The van der Waals surface area contributed by atoms with Gasteiger partial charge >= 0.3 is 12.3 Å². The number of benzene rings is 1. The third-order valence-corrected chi connectivity index (χ3v) is 2.21. The molecule has 0 atom stereocenters. The smallest absolute Gasteiger partial charge is 0.387 e. The Bertz CT molecular complexity index is 784. The summed E-state index contributed by atoms with van der Waals surface area (Å²) in [6.07, 6.45) is 0. The molecule has 3 N–H and O–H groups in total. The molecular formula is C11H8F2N4O4. The van der Waals surface area contributed by atoms with E-state index >= 15 is 0 Å². The second-order valence-electron chi connectivity index (χ2n) is 3.68. The Labute approximate surface area is 114 Å². The molecule has 0 fully saturated rings. The number of hydrogen-bond donors (Lipinski definition) is 3. The lowest BCUT2D eigenvalue weighted by Crippen LogP contribution is -2.20. The van der Waals surface area contributed by atoms with Gasteiger partial charge in [0.1, 0.15) is 5.75 Å². The fourth-order valence-electron chi connectivity index (χ4n) is 1.39. The number of rotatable bonds is 4. The van der Waals surface area contributed by atoms with Gasteiger partial charge in [0, 0.05) is 6.07 Å². The number of azo groups is 1. The van der Waals surface area contributed by atoms with Crippen molar-refractivity contribution in [3.05, 3.63) is 45.1 Å². The van der Waals surface area contributed by atoms with E-state index in [2.05, 4.69) is 15.0 Å². The van der Waals surface area contributed by atoms with Crippen LogP contribution in [0.25, 0.3) is 0 Å². The van der Waals surface area contributed by atoms with Gasteiger partial charge in [-0.05, 0) is 12.1 Å². The molecule has 0 spiro atoms. The molecule has 110 valence electrons. The van der Waals surface area contributed by atoms with Crippen LogP contribution in [0.15, 0.2) is 44.1 Å². The molecule has 0 saturated heterocycles. The van der Waals surface area contributed by atoms with Crippen molar-refractivity contribution in [2.24, 2.45) is 10.2 Å². The maximum atomic E-state index is 12.1. The highest BCUT2D eigenvalue weighted by Crippen LogP contribution is 2.24. The molecule has 2 aromatic rings. The van der Waals surface area contributed by atoms with Gasteiger partial charge in [0.05, 0.1) is 5.69 Å². The minimum Gasteiger partial charge on any atom is -0.493 e. The summed E-state index contributed by atoms with van der Waals surface area (Å²) in [6.45, 7) is -2.98. The molecule has 1 heterocycles. The second kappa shape index (κ2) is 5.94. The van der Waals surface area contributed by atoms with E-state index in [1.165, 1.54) is 18.2 Å². The average molecular weight is 298 g/mol. The molecule has 8 nitrogen and oxygen atoms in total. The van der Waals surface area contributed by atoms with Crippen molar-refractivity contribution in [2.45, 2.75) is 6.61 Å². The minimum atomic E-state index is -2.98. The lowest BCUT2D eigenvalue weighted by atomic mass is 10.3. The van der Waals surface area contributed by atoms with Gasteiger partial charge in [0.15, 0.2) is 0 Å². The number of alkyl halides is 2. The molecule has 0 bridgehead atoms. The summed E-state index contributed by atoms with van der Waals surface area (Å²) in [5.41, 5.74) is -2.25. The highest BCUT2D eigenvalue weighted by atomic mass is 19.3. The normalized spacial score (nSPS) is 11.2. The molecule has 0 aliphatic rings. The number of halogens is 2. The molecule has 1 aromatic heterocycles. The SMILES string of the molecule is O=c1[nH]c(O)c(N=Nc2cccc(OC(F)F)c2)c(=O)[nH]1. The van der Waals surface area contributed by atoms with Gasteiger partial charge in [-0.3, -0.25) is 14.8 Å². The van der Waals surface area contributed by atoms with Crippen LogP contribution in [-0.2, 0) is 0 Å². The Balaban J connectivity index is 2.30. The number of nitrogens with one attached hydrogen (secondary N) is 2. The molecule has 0 aliphatic heterocycles. The van der Waals surface area contributed by atoms with Gasteiger partial charge < -0.3 is 9.84 Å². The number of hydrogen-bond acceptors (Lipinski definition) is 6. The predicted octanol–water partition coefficient (Wildman–Crippen LogP) is 1.79. The van der Waals surface area contributed by atoms with Crippen LogP contribution in [0.3, 0.4) is 0 Å². The summed E-state index contributed by atoms with van der Waals surface area (Å²) in [7, 11) is 0. The van der Waals surface area contributed by atoms with Gasteiger partial charge in [0.25, 0.3) is 5.56 Å². The van der Waals surface area contributed by atoms with E-state index in [1.807, 2.05) is 9.97 Å². The Morgan fingerprint density at radius 3 is 2.62 bits per heavy atom. The monoisotopic (exact) mass is 298 g/mol. The maximum Gasteiger partial charge on any atom is 0.387 e. The molecule has 10 heteroatoms. The summed E-state index contributed by atoms with van der Waals surface area (Å²) in [5.74, 6) is -0.895. The van der Waals surface area contributed by atoms with Crippen molar-refractivity contribution in [3.63, 3.8) is 0 Å². The number of aromatic hydroxyl groups is 1. The van der Waals surface area contributed by atoms with E-state index in [9.17, 15) is 23.5 Å². The summed E-state index contributed by atoms with van der Waals surface area (Å²) in [6, 6.07) is 5.25. The van der Waals surface area contributed by atoms with Crippen molar-refractivity contribution >= 4 is 11.4 Å². The van der Waals surface area contributed by atoms with Crippen molar-refractivity contribution in [2.75, 3.05) is 0 Å². The first kappa shape index (κ1) is 14.4. The number of aromatic nitrogens is 2. The molecule has 0 unspecified atom stereocenters. The van der Waals surface area contributed by atoms with Gasteiger partial charge in [-0.2, -0.15) is 13.9 Å². The largest absolute Gasteiger partial charge is 0.493 e. The summed E-state index contributed by atoms with van der Waals surface area (Å²) < 4.78 is 28.3. The standard InChI is InChI=1S/C11H8F2N4O4/c12-10(13)21-6-3-1-2-5(4-6)16-17-7-8(18)14-11(20)15-9(7)19/h1-4,10H,(H3,14,15,18,19,20). The van der Waals surface area contributed by atoms with Crippen LogP contribution < -0.4 is 16.0 Å². The van der Waals surface area contributed by atoms with Crippen LogP contribution in [-0.4, -0.2) is 21.7 Å². The molecule has 2 rings (SSSR count). The van der Waals surface area contributed by atoms with Crippen LogP contribution in [0.5, 0.6) is 11.6 Å². The third-order valence-electron chi connectivity index (χ3n) is 2.21. The van der Waals surface area contributed by atoms with E-state index in [0.29, 0.717) is 0 Å². The molecule has 0 amide bonds. The first-order chi connectivity index (χ1) is 9.95. The van der Waals surface area contributed by atoms with Crippen molar-refractivity contribution < 1.29 is 18.6 Å². The van der Waals surface area contributed by atoms with Gasteiger partial charge in [-0.25, -0.2) is 4.79 Å². The molecular weight excluding hydrogens is 290 g/mol. The lowest BCUT2D eigenvalue weighted by molar-refractivity contribution is -0.0498. The Morgan fingerprint density at radius 2 is 1.95 bits per heavy atom. The minimum absolute atomic E-state index is 0.109. The van der Waals surface area contributed by atoms with Crippen molar-refractivity contribution in [1.82, 2.24) is 9.97 Å². The highest BCUT2D eigenvalue weighted by Gasteiger charge is 2.08. The van der Waals surface area contributed by atoms with E-state index in [0.717, 1.165) is 6.07 Å².